The average molecular weight is 282 g/mol. The van der Waals surface area contributed by atoms with Crippen LogP contribution in [0.5, 0.6) is 0 Å². The van der Waals surface area contributed by atoms with Gasteiger partial charge in [-0.25, -0.2) is 0 Å². The van der Waals surface area contributed by atoms with Gasteiger partial charge in [0.1, 0.15) is 0 Å². The number of amides is 1. The molecule has 2 N–H and O–H groups in total. The maximum Gasteiger partial charge on any atom is 0.224 e. The lowest BCUT2D eigenvalue weighted by Gasteiger charge is -2.11. The molecule has 3 nitrogen and oxygen atoms in total. The molecule has 0 fully saturated rings. The van der Waals surface area contributed by atoms with Crippen LogP contribution in [-0.2, 0) is 4.79 Å². The molecule has 0 aliphatic rings. The molecule has 0 bridgehead atoms. The third-order valence-corrected chi connectivity index (χ3v) is 3.32. The molecule has 0 saturated heterocycles. The quantitative estimate of drug-likeness (QED) is 0.828. The number of anilines is 3. The van der Waals surface area contributed by atoms with E-state index < -0.39 is 0 Å². The van der Waals surface area contributed by atoms with Crippen molar-refractivity contribution in [3.05, 3.63) is 53.6 Å². The number of carbonyl (C=O) groups is 1. The molecule has 2 rings (SSSR count). The lowest BCUT2D eigenvalue weighted by Crippen LogP contribution is -2.10. The monoisotopic (exact) mass is 282 g/mol. The highest BCUT2D eigenvalue weighted by molar-refractivity contribution is 5.90. The highest BCUT2D eigenvalue weighted by atomic mass is 16.1. The number of hydrogen-bond acceptors (Lipinski definition) is 2. The molecule has 0 spiro atoms. The molecule has 2 aromatic carbocycles. The lowest BCUT2D eigenvalue weighted by molar-refractivity contribution is -0.116. The van der Waals surface area contributed by atoms with Crippen molar-refractivity contribution < 1.29 is 4.79 Å². The predicted molar refractivity (Wildman–Crippen MR) is 89.2 cm³/mol. The van der Waals surface area contributed by atoms with Gasteiger partial charge in [-0.3, -0.25) is 4.79 Å². The number of hydrogen-bond donors (Lipinski definition) is 2. The number of nitrogens with one attached hydrogen (secondary N) is 2. The van der Waals surface area contributed by atoms with Gasteiger partial charge in [-0.2, -0.15) is 0 Å². The van der Waals surface area contributed by atoms with Crippen LogP contribution in [0.3, 0.4) is 0 Å². The van der Waals surface area contributed by atoms with E-state index in [0.29, 0.717) is 6.42 Å². The van der Waals surface area contributed by atoms with E-state index in [2.05, 4.69) is 42.7 Å². The summed E-state index contributed by atoms with van der Waals surface area (Å²) in [5.74, 6) is 0.0627. The highest BCUT2D eigenvalue weighted by Gasteiger charge is 2.02. The Labute approximate surface area is 126 Å². The number of benzene rings is 2. The van der Waals surface area contributed by atoms with Crippen molar-refractivity contribution in [3.63, 3.8) is 0 Å². The van der Waals surface area contributed by atoms with Crippen LogP contribution < -0.4 is 10.6 Å². The van der Waals surface area contributed by atoms with Crippen LogP contribution in [0, 0.1) is 13.8 Å². The fraction of sp³-hybridized carbons (Fsp3) is 0.278. The van der Waals surface area contributed by atoms with Crippen molar-refractivity contribution in [2.24, 2.45) is 0 Å². The standard InChI is InChI=1S/C18H22N2O/c1-4-5-18(21)20-16-10-8-15(9-11-16)19-17-12-13(2)6-7-14(17)3/h6-12,19H,4-5H2,1-3H3,(H,20,21). The molecule has 0 radical (unpaired) electrons. The molecule has 21 heavy (non-hydrogen) atoms. The maximum atomic E-state index is 11.5. The summed E-state index contributed by atoms with van der Waals surface area (Å²) >= 11 is 0. The molecule has 0 aliphatic carbocycles. The summed E-state index contributed by atoms with van der Waals surface area (Å²) in [6, 6.07) is 14.1. The van der Waals surface area contributed by atoms with Gasteiger partial charge in [0.05, 0.1) is 0 Å². The van der Waals surface area contributed by atoms with Gasteiger partial charge in [0.15, 0.2) is 0 Å². The third-order valence-electron chi connectivity index (χ3n) is 3.32. The molecule has 110 valence electrons. The van der Waals surface area contributed by atoms with Crippen molar-refractivity contribution in [1.29, 1.82) is 0 Å². The van der Waals surface area contributed by atoms with Gasteiger partial charge in [-0.15, -0.1) is 0 Å². The first-order valence-corrected chi connectivity index (χ1v) is 7.32. The Balaban J connectivity index is 2.05. The van der Waals surface area contributed by atoms with Crippen LogP contribution in [0.1, 0.15) is 30.9 Å². The summed E-state index contributed by atoms with van der Waals surface area (Å²) in [7, 11) is 0. The lowest BCUT2D eigenvalue weighted by atomic mass is 10.1. The Hall–Kier alpha value is -2.29. The number of carbonyl (C=O) groups excluding carboxylic acids is 1. The van der Waals surface area contributed by atoms with E-state index in [0.717, 1.165) is 23.5 Å². The Bertz CT molecular complexity index is 618. The molecule has 0 unspecified atom stereocenters. The van der Waals surface area contributed by atoms with Crippen LogP contribution in [0.2, 0.25) is 0 Å². The maximum absolute atomic E-state index is 11.5. The van der Waals surface area contributed by atoms with Crippen molar-refractivity contribution in [2.75, 3.05) is 10.6 Å². The minimum absolute atomic E-state index is 0.0627. The van der Waals surface area contributed by atoms with Gasteiger partial charge >= 0.3 is 0 Å². The fourth-order valence-corrected chi connectivity index (χ4v) is 2.11. The molecule has 2 aromatic rings. The van der Waals surface area contributed by atoms with Crippen molar-refractivity contribution >= 4 is 23.0 Å². The van der Waals surface area contributed by atoms with Crippen LogP contribution >= 0.6 is 0 Å². The summed E-state index contributed by atoms with van der Waals surface area (Å²) in [6.07, 6.45) is 1.42. The zero-order chi connectivity index (χ0) is 15.2. The first-order valence-electron chi connectivity index (χ1n) is 7.32. The Morgan fingerprint density at radius 3 is 2.33 bits per heavy atom. The van der Waals surface area contributed by atoms with E-state index in [-0.39, 0.29) is 5.91 Å². The van der Waals surface area contributed by atoms with Gasteiger partial charge in [0, 0.05) is 23.5 Å². The second-order valence-corrected chi connectivity index (χ2v) is 5.32. The van der Waals surface area contributed by atoms with Gasteiger partial charge < -0.3 is 10.6 Å². The molecule has 3 heteroatoms. The molecule has 0 aliphatic heterocycles. The van der Waals surface area contributed by atoms with Gasteiger partial charge in [0.25, 0.3) is 0 Å². The van der Waals surface area contributed by atoms with Crippen molar-refractivity contribution in [1.82, 2.24) is 0 Å². The summed E-state index contributed by atoms with van der Waals surface area (Å²) < 4.78 is 0. The predicted octanol–water partition coefficient (Wildman–Crippen LogP) is 4.79. The first-order chi connectivity index (χ1) is 10.1. The smallest absolute Gasteiger partial charge is 0.224 e. The summed E-state index contributed by atoms with van der Waals surface area (Å²) in [6.45, 7) is 6.16. The SMILES string of the molecule is CCCC(=O)Nc1ccc(Nc2cc(C)ccc2C)cc1. The summed E-state index contributed by atoms with van der Waals surface area (Å²) in [4.78, 5) is 11.5. The topological polar surface area (TPSA) is 41.1 Å². The Morgan fingerprint density at radius 1 is 1.00 bits per heavy atom. The third kappa shape index (κ3) is 4.35. The summed E-state index contributed by atoms with van der Waals surface area (Å²) in [5, 5.41) is 6.29. The van der Waals surface area contributed by atoms with Crippen LogP contribution in [0.15, 0.2) is 42.5 Å². The molecule has 0 saturated carbocycles. The van der Waals surface area contributed by atoms with E-state index in [1.165, 1.54) is 11.1 Å². The van der Waals surface area contributed by atoms with E-state index >= 15 is 0 Å². The fourth-order valence-electron chi connectivity index (χ4n) is 2.11. The van der Waals surface area contributed by atoms with E-state index in [9.17, 15) is 4.79 Å². The number of aryl methyl sites for hydroxylation is 2. The minimum atomic E-state index is 0.0627. The van der Waals surface area contributed by atoms with Gasteiger partial charge in [-0.05, 0) is 61.7 Å². The Kier molecular flexibility index (Phi) is 4.99. The van der Waals surface area contributed by atoms with Gasteiger partial charge in [0.2, 0.25) is 5.91 Å². The van der Waals surface area contributed by atoms with Crippen molar-refractivity contribution in [2.45, 2.75) is 33.6 Å². The zero-order valence-corrected chi connectivity index (χ0v) is 12.9. The normalized spacial score (nSPS) is 10.2. The molecule has 0 aromatic heterocycles. The van der Waals surface area contributed by atoms with E-state index in [1.54, 1.807) is 0 Å². The molecule has 1 amide bonds. The van der Waals surface area contributed by atoms with Crippen LogP contribution in [0.4, 0.5) is 17.1 Å². The highest BCUT2D eigenvalue weighted by Crippen LogP contribution is 2.23. The van der Waals surface area contributed by atoms with Crippen molar-refractivity contribution in [3.8, 4) is 0 Å². The second kappa shape index (κ2) is 6.93. The number of rotatable bonds is 5. The Morgan fingerprint density at radius 2 is 1.67 bits per heavy atom. The van der Waals surface area contributed by atoms with E-state index in [1.807, 2.05) is 31.2 Å². The molecular weight excluding hydrogens is 260 g/mol. The largest absolute Gasteiger partial charge is 0.355 e. The van der Waals surface area contributed by atoms with Gasteiger partial charge in [-0.1, -0.05) is 19.1 Å². The average Bonchev–Trinajstić information content (AvgIpc) is 2.45. The molecular formula is C18H22N2O. The van der Waals surface area contributed by atoms with Crippen LogP contribution in [-0.4, -0.2) is 5.91 Å². The zero-order valence-electron chi connectivity index (χ0n) is 12.9. The summed E-state index contributed by atoms with van der Waals surface area (Å²) in [5.41, 5.74) is 5.39. The van der Waals surface area contributed by atoms with Crippen LogP contribution in [0.25, 0.3) is 0 Å². The first kappa shape index (κ1) is 15.1. The second-order valence-electron chi connectivity index (χ2n) is 5.32. The molecule has 0 atom stereocenters. The van der Waals surface area contributed by atoms with E-state index in [4.69, 9.17) is 0 Å². The molecule has 0 heterocycles. The minimum Gasteiger partial charge on any atom is -0.355 e.